The third-order valence-electron chi connectivity index (χ3n) is 6.46. The lowest BCUT2D eigenvalue weighted by Crippen LogP contribution is -2.41. The van der Waals surface area contributed by atoms with Crippen LogP contribution in [0.4, 0.5) is 0 Å². The lowest BCUT2D eigenvalue weighted by Gasteiger charge is -2.36. The first-order valence-electron chi connectivity index (χ1n) is 10.6. The van der Waals surface area contributed by atoms with E-state index in [1.807, 2.05) is 33.7 Å². The van der Waals surface area contributed by atoms with Gasteiger partial charge in [-0.15, -0.1) is 0 Å². The van der Waals surface area contributed by atoms with Crippen molar-refractivity contribution in [3.63, 3.8) is 0 Å². The standard InChI is InChI=1S/C22H29N3O3S/c1-15-6-5-9-19(16(15)2)25-21(27)17-7-3-4-8-18(17)23-22(25)29-14-20(26)24-10-12-28-13-11-24/h3-4,7-8,15-16,19H,5-6,9-14H2,1-2H3/t15-,16-,19+/m1/s1. The van der Waals surface area contributed by atoms with Crippen LogP contribution in [0.25, 0.3) is 10.9 Å². The van der Waals surface area contributed by atoms with Gasteiger partial charge in [0.05, 0.1) is 29.9 Å². The zero-order chi connectivity index (χ0) is 20.4. The van der Waals surface area contributed by atoms with Crippen molar-refractivity contribution in [2.75, 3.05) is 32.1 Å². The lowest BCUT2D eigenvalue weighted by molar-refractivity contribution is -0.132. The average molecular weight is 416 g/mol. The highest BCUT2D eigenvalue weighted by atomic mass is 32.2. The van der Waals surface area contributed by atoms with E-state index in [9.17, 15) is 9.59 Å². The summed E-state index contributed by atoms with van der Waals surface area (Å²) in [7, 11) is 0. The summed E-state index contributed by atoms with van der Waals surface area (Å²) < 4.78 is 7.23. The fraction of sp³-hybridized carbons (Fsp3) is 0.591. The van der Waals surface area contributed by atoms with Gasteiger partial charge in [0.15, 0.2) is 5.16 Å². The molecule has 0 spiro atoms. The molecule has 29 heavy (non-hydrogen) atoms. The largest absolute Gasteiger partial charge is 0.378 e. The van der Waals surface area contributed by atoms with E-state index < -0.39 is 0 Å². The van der Waals surface area contributed by atoms with Crippen molar-refractivity contribution in [2.45, 2.75) is 44.3 Å². The minimum Gasteiger partial charge on any atom is -0.378 e. The number of hydrogen-bond acceptors (Lipinski definition) is 5. The van der Waals surface area contributed by atoms with Crippen LogP contribution in [0.2, 0.25) is 0 Å². The molecule has 0 N–H and O–H groups in total. The highest BCUT2D eigenvalue weighted by Crippen LogP contribution is 2.38. The number of carbonyl (C=O) groups is 1. The van der Waals surface area contributed by atoms with E-state index >= 15 is 0 Å². The van der Waals surface area contributed by atoms with Crippen LogP contribution in [0.1, 0.15) is 39.2 Å². The molecular weight excluding hydrogens is 386 g/mol. The number of carbonyl (C=O) groups excluding carboxylic acids is 1. The molecule has 0 radical (unpaired) electrons. The van der Waals surface area contributed by atoms with Gasteiger partial charge < -0.3 is 9.64 Å². The molecule has 0 bridgehead atoms. The Bertz CT molecular complexity index is 939. The van der Waals surface area contributed by atoms with Gasteiger partial charge in [-0.3, -0.25) is 14.2 Å². The lowest BCUT2D eigenvalue weighted by atomic mass is 9.78. The summed E-state index contributed by atoms with van der Waals surface area (Å²) in [6.45, 7) is 6.96. The second-order valence-corrected chi connectivity index (χ2v) is 9.15. The van der Waals surface area contributed by atoms with Gasteiger partial charge >= 0.3 is 0 Å². The SMILES string of the molecule is C[C@@H]1[C@H](C)CCC[C@@H]1n1c(SCC(=O)N2CCOCC2)nc2ccccc2c1=O. The molecule has 1 amide bonds. The number of nitrogens with zero attached hydrogens (tertiary/aromatic N) is 3. The first kappa shape index (κ1) is 20.4. The molecule has 7 heteroatoms. The van der Waals surface area contributed by atoms with Gasteiger partial charge in [0, 0.05) is 19.1 Å². The van der Waals surface area contributed by atoms with Crippen LogP contribution in [0.15, 0.2) is 34.2 Å². The Kier molecular flexibility index (Phi) is 6.25. The molecule has 6 nitrogen and oxygen atoms in total. The molecule has 156 valence electrons. The van der Waals surface area contributed by atoms with Crippen LogP contribution in [0.5, 0.6) is 0 Å². The Balaban J connectivity index is 1.67. The Labute approximate surface area is 175 Å². The summed E-state index contributed by atoms with van der Waals surface area (Å²) in [6.07, 6.45) is 3.30. The van der Waals surface area contributed by atoms with Crippen molar-refractivity contribution in [2.24, 2.45) is 11.8 Å². The molecule has 1 aromatic heterocycles. The number of ether oxygens (including phenoxy) is 1. The minimum absolute atomic E-state index is 0.0165. The second-order valence-electron chi connectivity index (χ2n) is 8.20. The predicted molar refractivity (Wildman–Crippen MR) is 115 cm³/mol. The van der Waals surface area contributed by atoms with Gasteiger partial charge in [0.25, 0.3) is 5.56 Å². The maximum absolute atomic E-state index is 13.4. The number of thioether (sulfide) groups is 1. The molecular formula is C22H29N3O3S. The van der Waals surface area contributed by atoms with E-state index in [1.54, 1.807) is 0 Å². The smallest absolute Gasteiger partial charge is 0.262 e. The number of para-hydroxylation sites is 1. The number of hydrogen-bond donors (Lipinski definition) is 0. The number of rotatable bonds is 4. The Morgan fingerprint density at radius 2 is 1.97 bits per heavy atom. The predicted octanol–water partition coefficient (Wildman–Crippen LogP) is 3.34. The summed E-state index contributed by atoms with van der Waals surface area (Å²) in [6, 6.07) is 7.65. The topological polar surface area (TPSA) is 64.4 Å². The van der Waals surface area contributed by atoms with E-state index in [2.05, 4.69) is 13.8 Å². The summed E-state index contributed by atoms with van der Waals surface area (Å²) in [5, 5.41) is 1.32. The number of fused-ring (bicyclic) bond motifs is 1. The molecule has 2 aromatic rings. The van der Waals surface area contributed by atoms with Crippen LogP contribution in [-0.2, 0) is 9.53 Å². The number of aromatic nitrogens is 2. The van der Waals surface area contributed by atoms with Crippen molar-refractivity contribution in [3.8, 4) is 0 Å². The van der Waals surface area contributed by atoms with Crippen LogP contribution in [0, 0.1) is 11.8 Å². The van der Waals surface area contributed by atoms with Crippen LogP contribution in [-0.4, -0.2) is 52.4 Å². The highest BCUT2D eigenvalue weighted by molar-refractivity contribution is 7.99. The Morgan fingerprint density at radius 3 is 2.76 bits per heavy atom. The maximum Gasteiger partial charge on any atom is 0.262 e. The Hall–Kier alpha value is -1.86. The maximum atomic E-state index is 13.4. The second kappa shape index (κ2) is 8.88. The normalized spacial score (nSPS) is 25.3. The van der Waals surface area contributed by atoms with E-state index in [0.717, 1.165) is 12.8 Å². The quantitative estimate of drug-likeness (QED) is 0.566. The summed E-state index contributed by atoms with van der Waals surface area (Å²) >= 11 is 1.39. The molecule has 2 fully saturated rings. The Morgan fingerprint density at radius 1 is 1.21 bits per heavy atom. The first-order valence-corrected chi connectivity index (χ1v) is 11.5. The molecule has 1 aliphatic heterocycles. The van der Waals surface area contributed by atoms with Crippen LogP contribution < -0.4 is 5.56 Å². The molecule has 3 atom stereocenters. The number of morpholine rings is 1. The van der Waals surface area contributed by atoms with E-state index in [4.69, 9.17) is 9.72 Å². The van der Waals surface area contributed by atoms with Gasteiger partial charge in [-0.05, 0) is 30.4 Å². The summed E-state index contributed by atoms with van der Waals surface area (Å²) in [5.74, 6) is 1.34. The summed E-state index contributed by atoms with van der Waals surface area (Å²) in [5.41, 5.74) is 0.717. The zero-order valence-electron chi connectivity index (χ0n) is 17.2. The highest BCUT2D eigenvalue weighted by Gasteiger charge is 2.31. The van der Waals surface area contributed by atoms with E-state index in [0.29, 0.717) is 60.0 Å². The van der Waals surface area contributed by atoms with Gasteiger partial charge in [-0.2, -0.15) is 0 Å². The fourth-order valence-electron chi connectivity index (χ4n) is 4.47. The van der Waals surface area contributed by atoms with E-state index in [-0.39, 0.29) is 17.5 Å². The van der Waals surface area contributed by atoms with Crippen molar-refractivity contribution < 1.29 is 9.53 Å². The summed E-state index contributed by atoms with van der Waals surface area (Å²) in [4.78, 5) is 32.8. The third-order valence-corrected chi connectivity index (χ3v) is 7.40. The van der Waals surface area contributed by atoms with Gasteiger partial charge in [-0.1, -0.05) is 50.6 Å². The van der Waals surface area contributed by atoms with Crippen LogP contribution >= 0.6 is 11.8 Å². The van der Waals surface area contributed by atoms with Crippen molar-refractivity contribution in [1.82, 2.24) is 14.5 Å². The van der Waals surface area contributed by atoms with Crippen molar-refractivity contribution >= 4 is 28.6 Å². The molecule has 1 aromatic carbocycles. The molecule has 4 rings (SSSR count). The molecule has 1 aliphatic carbocycles. The number of benzene rings is 1. The minimum atomic E-state index is 0.0165. The van der Waals surface area contributed by atoms with Crippen LogP contribution in [0.3, 0.4) is 0 Å². The van der Waals surface area contributed by atoms with Crippen molar-refractivity contribution in [3.05, 3.63) is 34.6 Å². The fourth-order valence-corrected chi connectivity index (χ4v) is 5.42. The molecule has 1 saturated carbocycles. The monoisotopic (exact) mass is 415 g/mol. The van der Waals surface area contributed by atoms with Gasteiger partial charge in [-0.25, -0.2) is 4.98 Å². The average Bonchev–Trinajstić information content (AvgIpc) is 2.75. The number of amides is 1. The molecule has 1 saturated heterocycles. The van der Waals surface area contributed by atoms with Gasteiger partial charge in [0.2, 0.25) is 5.91 Å². The molecule has 0 unspecified atom stereocenters. The molecule has 2 heterocycles. The van der Waals surface area contributed by atoms with E-state index in [1.165, 1.54) is 18.2 Å². The third kappa shape index (κ3) is 4.21. The molecule has 2 aliphatic rings. The zero-order valence-corrected chi connectivity index (χ0v) is 18.0. The van der Waals surface area contributed by atoms with Crippen molar-refractivity contribution in [1.29, 1.82) is 0 Å². The van der Waals surface area contributed by atoms with Gasteiger partial charge in [0.1, 0.15) is 0 Å². The first-order chi connectivity index (χ1) is 14.1.